The summed E-state index contributed by atoms with van der Waals surface area (Å²) in [4.78, 5) is 2.40. The SMILES string of the molecule is c1ccc2c(N(c3ccc(-c4cc5ccccc5c5ccccc45)cc3)c3ccc(-c4cc5ccccc5c5ccccc45)cc3)cccc2c1. The van der Waals surface area contributed by atoms with Crippen molar-refractivity contribution >= 4 is 70.9 Å². The molecular weight excluding hydrogens is 615 g/mol. The van der Waals surface area contributed by atoms with Gasteiger partial charge in [0.15, 0.2) is 0 Å². The Balaban J connectivity index is 1.11. The Morgan fingerprint density at radius 2 is 0.627 bits per heavy atom. The quantitative estimate of drug-likeness (QED) is 0.168. The summed E-state index contributed by atoms with van der Waals surface area (Å²) in [7, 11) is 0. The van der Waals surface area contributed by atoms with Gasteiger partial charge in [0.05, 0.1) is 5.69 Å². The number of benzene rings is 10. The van der Waals surface area contributed by atoms with Crippen LogP contribution in [0.3, 0.4) is 0 Å². The first-order chi connectivity index (χ1) is 25.3. The van der Waals surface area contributed by atoms with Crippen LogP contribution in [0, 0.1) is 0 Å². The van der Waals surface area contributed by atoms with E-state index < -0.39 is 0 Å². The van der Waals surface area contributed by atoms with Crippen LogP contribution in [0.4, 0.5) is 17.1 Å². The van der Waals surface area contributed by atoms with Crippen molar-refractivity contribution in [2.75, 3.05) is 4.90 Å². The molecule has 0 spiro atoms. The number of fused-ring (bicyclic) bond motifs is 7. The van der Waals surface area contributed by atoms with Crippen LogP contribution in [0.1, 0.15) is 0 Å². The summed E-state index contributed by atoms with van der Waals surface area (Å²) in [5, 5.41) is 12.6. The third kappa shape index (κ3) is 4.94. The molecule has 10 rings (SSSR count). The molecule has 0 saturated heterocycles. The van der Waals surface area contributed by atoms with E-state index in [1.807, 2.05) is 0 Å². The zero-order valence-electron chi connectivity index (χ0n) is 28.0. The summed E-state index contributed by atoms with van der Waals surface area (Å²) in [6.07, 6.45) is 0. The topological polar surface area (TPSA) is 3.24 Å². The molecule has 0 bridgehead atoms. The average molecular weight is 648 g/mol. The van der Waals surface area contributed by atoms with Gasteiger partial charge in [-0.3, -0.25) is 0 Å². The standard InChI is InChI=1S/C50H33N/c1-6-18-43-34(12-1)15-11-23-50(43)51(39-28-24-35(25-29-39)48-32-37-13-2-4-16-41(37)44-19-7-9-21-46(44)48)40-30-26-36(27-31-40)49-33-38-14-3-5-17-42(38)45-20-8-10-22-47(45)49/h1-33H. The molecule has 238 valence electrons. The minimum Gasteiger partial charge on any atom is -0.310 e. The minimum atomic E-state index is 1.11. The van der Waals surface area contributed by atoms with E-state index in [-0.39, 0.29) is 0 Å². The number of hydrogen-bond donors (Lipinski definition) is 0. The zero-order valence-corrected chi connectivity index (χ0v) is 28.0. The first kappa shape index (κ1) is 29.2. The van der Waals surface area contributed by atoms with Gasteiger partial charge < -0.3 is 4.90 Å². The van der Waals surface area contributed by atoms with Crippen molar-refractivity contribution < 1.29 is 0 Å². The molecule has 0 saturated carbocycles. The van der Waals surface area contributed by atoms with Gasteiger partial charge in [-0.05, 0) is 113 Å². The summed E-state index contributed by atoms with van der Waals surface area (Å²) in [5.74, 6) is 0. The third-order valence-electron chi connectivity index (χ3n) is 10.4. The molecule has 0 fully saturated rings. The van der Waals surface area contributed by atoms with Gasteiger partial charge in [0, 0.05) is 16.8 Å². The lowest BCUT2D eigenvalue weighted by Crippen LogP contribution is -2.10. The summed E-state index contributed by atoms with van der Waals surface area (Å²) in [6, 6.07) is 73.0. The molecule has 0 aliphatic carbocycles. The molecule has 0 aliphatic rings. The molecular formula is C50H33N. The molecule has 0 aliphatic heterocycles. The van der Waals surface area contributed by atoms with Crippen molar-refractivity contribution in [1.29, 1.82) is 0 Å². The van der Waals surface area contributed by atoms with Crippen LogP contribution in [-0.4, -0.2) is 0 Å². The van der Waals surface area contributed by atoms with Crippen LogP contribution >= 0.6 is 0 Å². The van der Waals surface area contributed by atoms with E-state index in [0.29, 0.717) is 0 Å². The molecule has 0 atom stereocenters. The summed E-state index contributed by atoms with van der Waals surface area (Å²) in [6.45, 7) is 0. The van der Waals surface area contributed by atoms with E-state index in [1.165, 1.54) is 76.1 Å². The summed E-state index contributed by atoms with van der Waals surface area (Å²) >= 11 is 0. The Morgan fingerprint density at radius 1 is 0.255 bits per heavy atom. The van der Waals surface area contributed by atoms with E-state index in [2.05, 4.69) is 205 Å². The van der Waals surface area contributed by atoms with Crippen molar-refractivity contribution in [3.63, 3.8) is 0 Å². The van der Waals surface area contributed by atoms with Gasteiger partial charge in [-0.1, -0.05) is 158 Å². The minimum absolute atomic E-state index is 1.11. The van der Waals surface area contributed by atoms with E-state index in [0.717, 1.165) is 17.1 Å². The Kier molecular flexibility index (Phi) is 6.89. The highest BCUT2D eigenvalue weighted by atomic mass is 15.1. The Hall–Kier alpha value is -6.70. The second-order valence-corrected chi connectivity index (χ2v) is 13.3. The fourth-order valence-electron chi connectivity index (χ4n) is 8.00. The van der Waals surface area contributed by atoms with Crippen LogP contribution < -0.4 is 4.90 Å². The van der Waals surface area contributed by atoms with Gasteiger partial charge in [-0.15, -0.1) is 0 Å². The predicted molar refractivity (Wildman–Crippen MR) is 220 cm³/mol. The number of rotatable bonds is 5. The summed E-state index contributed by atoms with van der Waals surface area (Å²) in [5.41, 5.74) is 8.29. The molecule has 10 aromatic rings. The average Bonchev–Trinajstić information content (AvgIpc) is 3.21. The Labute approximate surface area is 297 Å². The first-order valence-corrected chi connectivity index (χ1v) is 17.6. The third-order valence-corrected chi connectivity index (χ3v) is 10.4. The normalized spacial score (nSPS) is 11.5. The predicted octanol–water partition coefficient (Wildman–Crippen LogP) is 14.3. The zero-order chi connectivity index (χ0) is 33.7. The van der Waals surface area contributed by atoms with Crippen molar-refractivity contribution in [1.82, 2.24) is 0 Å². The monoisotopic (exact) mass is 647 g/mol. The lowest BCUT2D eigenvalue weighted by Gasteiger charge is -2.27. The molecule has 0 unspecified atom stereocenters. The van der Waals surface area contributed by atoms with Gasteiger partial charge in [-0.2, -0.15) is 0 Å². The maximum absolute atomic E-state index is 2.40. The molecule has 0 amide bonds. The van der Waals surface area contributed by atoms with Crippen molar-refractivity contribution in [2.45, 2.75) is 0 Å². The molecule has 0 heterocycles. The molecule has 0 radical (unpaired) electrons. The first-order valence-electron chi connectivity index (χ1n) is 17.6. The van der Waals surface area contributed by atoms with Crippen LogP contribution in [0.2, 0.25) is 0 Å². The van der Waals surface area contributed by atoms with E-state index in [9.17, 15) is 0 Å². The largest absolute Gasteiger partial charge is 0.310 e. The lowest BCUT2D eigenvalue weighted by molar-refractivity contribution is 1.30. The Bertz CT molecular complexity index is 2730. The lowest BCUT2D eigenvalue weighted by atomic mass is 9.93. The van der Waals surface area contributed by atoms with Crippen molar-refractivity contribution in [3.8, 4) is 22.3 Å². The van der Waals surface area contributed by atoms with Gasteiger partial charge in [0.25, 0.3) is 0 Å². The fourth-order valence-corrected chi connectivity index (χ4v) is 8.00. The highest BCUT2D eigenvalue weighted by Gasteiger charge is 2.17. The molecule has 0 aromatic heterocycles. The summed E-state index contributed by atoms with van der Waals surface area (Å²) < 4.78 is 0. The molecule has 51 heavy (non-hydrogen) atoms. The highest BCUT2D eigenvalue weighted by molar-refractivity contribution is 6.15. The van der Waals surface area contributed by atoms with Crippen molar-refractivity contribution in [3.05, 3.63) is 200 Å². The fraction of sp³-hybridized carbons (Fsp3) is 0. The second kappa shape index (κ2) is 12.0. The van der Waals surface area contributed by atoms with E-state index >= 15 is 0 Å². The van der Waals surface area contributed by atoms with Crippen LogP contribution in [0.25, 0.3) is 76.1 Å². The number of anilines is 3. The van der Waals surface area contributed by atoms with E-state index in [4.69, 9.17) is 0 Å². The Morgan fingerprint density at radius 3 is 1.12 bits per heavy atom. The van der Waals surface area contributed by atoms with Gasteiger partial charge in [-0.25, -0.2) is 0 Å². The maximum Gasteiger partial charge on any atom is 0.0540 e. The van der Waals surface area contributed by atoms with Crippen LogP contribution in [0.15, 0.2) is 200 Å². The maximum atomic E-state index is 2.40. The second-order valence-electron chi connectivity index (χ2n) is 13.3. The smallest absolute Gasteiger partial charge is 0.0540 e. The highest BCUT2D eigenvalue weighted by Crippen LogP contribution is 2.42. The molecule has 1 heteroatoms. The van der Waals surface area contributed by atoms with Gasteiger partial charge >= 0.3 is 0 Å². The van der Waals surface area contributed by atoms with Gasteiger partial charge in [0.2, 0.25) is 0 Å². The molecule has 0 N–H and O–H groups in total. The van der Waals surface area contributed by atoms with E-state index in [1.54, 1.807) is 0 Å². The van der Waals surface area contributed by atoms with Crippen LogP contribution in [-0.2, 0) is 0 Å². The molecule has 10 aromatic carbocycles. The molecule has 1 nitrogen and oxygen atoms in total. The van der Waals surface area contributed by atoms with Crippen LogP contribution in [0.5, 0.6) is 0 Å². The number of hydrogen-bond acceptors (Lipinski definition) is 1. The number of nitrogens with zero attached hydrogens (tertiary/aromatic N) is 1. The van der Waals surface area contributed by atoms with Crippen molar-refractivity contribution in [2.24, 2.45) is 0 Å². The van der Waals surface area contributed by atoms with Gasteiger partial charge in [0.1, 0.15) is 0 Å².